The SMILES string of the molecule is Cc1ccc(P(=CC(=O)c2cccs2)(c2ccc(C)cc2)c2ccc(C)cc2)cc1. The lowest BCUT2D eigenvalue weighted by molar-refractivity contribution is 0.107. The largest absolute Gasteiger partial charge is 0.288 e. The molecule has 0 fully saturated rings. The normalized spacial score (nSPS) is 11.3. The van der Waals surface area contributed by atoms with Crippen molar-refractivity contribution in [1.29, 1.82) is 0 Å². The first-order valence-electron chi connectivity index (χ1n) is 10.0. The molecule has 30 heavy (non-hydrogen) atoms. The molecule has 150 valence electrons. The second-order valence-corrected chi connectivity index (χ2v) is 11.9. The first kappa shape index (κ1) is 20.6. The van der Waals surface area contributed by atoms with Gasteiger partial charge in [0.25, 0.3) is 0 Å². The van der Waals surface area contributed by atoms with Crippen LogP contribution in [0.25, 0.3) is 0 Å². The van der Waals surface area contributed by atoms with Crippen molar-refractivity contribution in [2.75, 3.05) is 0 Å². The van der Waals surface area contributed by atoms with Gasteiger partial charge in [-0.25, -0.2) is 0 Å². The maximum atomic E-state index is 13.4. The van der Waals surface area contributed by atoms with Crippen LogP contribution in [0.5, 0.6) is 0 Å². The number of thiophene rings is 1. The van der Waals surface area contributed by atoms with Crippen LogP contribution >= 0.6 is 18.2 Å². The summed E-state index contributed by atoms with van der Waals surface area (Å²) in [4.78, 5) is 14.2. The first-order chi connectivity index (χ1) is 14.5. The van der Waals surface area contributed by atoms with E-state index in [-0.39, 0.29) is 5.78 Å². The summed E-state index contributed by atoms with van der Waals surface area (Å²) in [5, 5.41) is 5.56. The predicted molar refractivity (Wildman–Crippen MR) is 134 cm³/mol. The number of carbonyl (C=O) groups is 1. The average molecular weight is 429 g/mol. The van der Waals surface area contributed by atoms with Crippen molar-refractivity contribution in [3.63, 3.8) is 0 Å². The minimum absolute atomic E-state index is 0.0973. The quantitative estimate of drug-likeness (QED) is 0.296. The highest BCUT2D eigenvalue weighted by molar-refractivity contribution is 7.95. The highest BCUT2D eigenvalue weighted by Gasteiger charge is 2.27. The highest BCUT2D eigenvalue weighted by atomic mass is 32.1. The van der Waals surface area contributed by atoms with E-state index in [9.17, 15) is 4.79 Å². The van der Waals surface area contributed by atoms with Gasteiger partial charge in [0.05, 0.1) is 4.88 Å². The summed E-state index contributed by atoms with van der Waals surface area (Å²) in [5.74, 6) is 2.11. The maximum absolute atomic E-state index is 13.4. The summed E-state index contributed by atoms with van der Waals surface area (Å²) in [5.41, 5.74) is 3.65. The monoisotopic (exact) mass is 428 g/mol. The van der Waals surface area contributed by atoms with E-state index in [0.29, 0.717) is 0 Å². The van der Waals surface area contributed by atoms with Crippen LogP contribution in [0, 0.1) is 20.8 Å². The Morgan fingerprint density at radius 2 is 1.07 bits per heavy atom. The molecular weight excluding hydrogens is 403 g/mol. The topological polar surface area (TPSA) is 17.1 Å². The van der Waals surface area contributed by atoms with Gasteiger partial charge in [0.1, 0.15) is 0 Å². The Labute approximate surface area is 183 Å². The molecule has 0 spiro atoms. The molecule has 0 amide bonds. The molecule has 1 heterocycles. The zero-order valence-electron chi connectivity index (χ0n) is 17.5. The average Bonchev–Trinajstić information content (AvgIpc) is 3.29. The standard InChI is InChI=1S/C27H25OPS/c1-20-6-12-23(13-7-20)29(24-14-8-21(2)9-15-24,25-16-10-22(3)11-17-25)19-26(28)27-5-4-18-30-27/h4-19H,1-3H3. The van der Waals surface area contributed by atoms with Crippen LogP contribution < -0.4 is 15.9 Å². The van der Waals surface area contributed by atoms with E-state index in [4.69, 9.17) is 0 Å². The minimum atomic E-state index is -2.28. The van der Waals surface area contributed by atoms with Crippen LogP contribution in [0.3, 0.4) is 0 Å². The lowest BCUT2D eigenvalue weighted by Gasteiger charge is -2.29. The Kier molecular flexibility index (Phi) is 5.90. The number of Topliss-reactive ketones (excluding diaryl/α,β-unsaturated/α-hetero) is 1. The third-order valence-corrected chi connectivity index (χ3v) is 10.2. The van der Waals surface area contributed by atoms with Gasteiger partial charge in [-0.2, -0.15) is 0 Å². The zero-order valence-corrected chi connectivity index (χ0v) is 19.2. The smallest absolute Gasteiger partial charge is 0.196 e. The Morgan fingerprint density at radius 3 is 1.40 bits per heavy atom. The van der Waals surface area contributed by atoms with Crippen LogP contribution in [-0.4, -0.2) is 11.6 Å². The number of rotatable bonds is 5. The third-order valence-electron chi connectivity index (χ3n) is 5.40. The lowest BCUT2D eigenvalue weighted by atomic mass is 10.2. The number of hydrogen-bond acceptors (Lipinski definition) is 2. The molecule has 0 bridgehead atoms. The molecule has 1 nitrogen and oxygen atoms in total. The van der Waals surface area contributed by atoms with Gasteiger partial charge >= 0.3 is 0 Å². The molecular formula is C27H25OPS. The van der Waals surface area contributed by atoms with E-state index < -0.39 is 6.89 Å². The van der Waals surface area contributed by atoms with E-state index in [1.54, 1.807) is 0 Å². The van der Waals surface area contributed by atoms with Gasteiger partial charge in [0, 0.05) is 0 Å². The molecule has 0 radical (unpaired) electrons. The molecule has 0 unspecified atom stereocenters. The van der Waals surface area contributed by atoms with Crippen LogP contribution in [0.4, 0.5) is 0 Å². The third kappa shape index (κ3) is 3.99. The molecule has 0 atom stereocenters. The molecule has 0 aliphatic carbocycles. The van der Waals surface area contributed by atoms with Gasteiger partial charge in [0.15, 0.2) is 5.78 Å². The Balaban J connectivity index is 2.09. The van der Waals surface area contributed by atoms with Gasteiger partial charge in [-0.3, -0.25) is 4.79 Å². The number of aryl methyl sites for hydroxylation is 3. The molecule has 4 rings (SSSR count). The fourth-order valence-corrected chi connectivity index (χ4v) is 8.08. The predicted octanol–water partition coefficient (Wildman–Crippen LogP) is 5.65. The van der Waals surface area contributed by atoms with E-state index in [2.05, 4.69) is 93.6 Å². The van der Waals surface area contributed by atoms with Crippen molar-refractivity contribution in [1.82, 2.24) is 0 Å². The van der Waals surface area contributed by atoms with E-state index in [1.165, 1.54) is 43.9 Å². The fraction of sp³-hybridized carbons (Fsp3) is 0.111. The van der Waals surface area contributed by atoms with E-state index in [1.807, 2.05) is 23.3 Å². The number of carbonyl (C=O) groups excluding carboxylic acids is 1. The maximum Gasteiger partial charge on any atom is 0.196 e. The number of hydrogen-bond donors (Lipinski definition) is 0. The van der Waals surface area contributed by atoms with Crippen LogP contribution in [0.15, 0.2) is 90.3 Å². The van der Waals surface area contributed by atoms with Crippen LogP contribution in [-0.2, 0) is 0 Å². The summed E-state index contributed by atoms with van der Waals surface area (Å²) >= 11 is 1.50. The Hall–Kier alpha value is -2.67. The Bertz CT molecular complexity index is 1080. The van der Waals surface area contributed by atoms with E-state index in [0.717, 1.165) is 4.88 Å². The van der Waals surface area contributed by atoms with Crippen molar-refractivity contribution in [3.8, 4) is 0 Å². The zero-order chi connectivity index (χ0) is 21.1. The summed E-state index contributed by atoms with van der Waals surface area (Å²) < 4.78 is 0. The van der Waals surface area contributed by atoms with Crippen molar-refractivity contribution in [2.45, 2.75) is 20.8 Å². The van der Waals surface area contributed by atoms with Gasteiger partial charge in [-0.15, -0.1) is 11.3 Å². The summed E-state index contributed by atoms with van der Waals surface area (Å²) in [6, 6.07) is 29.9. The van der Waals surface area contributed by atoms with Gasteiger partial charge in [0.2, 0.25) is 0 Å². The molecule has 3 heteroatoms. The van der Waals surface area contributed by atoms with Crippen LogP contribution in [0.2, 0.25) is 0 Å². The van der Waals surface area contributed by atoms with Crippen LogP contribution in [0.1, 0.15) is 26.4 Å². The molecule has 0 aliphatic rings. The summed E-state index contributed by atoms with van der Waals surface area (Å²) in [6.45, 7) is 4.02. The fourth-order valence-electron chi connectivity index (χ4n) is 3.67. The lowest BCUT2D eigenvalue weighted by Crippen LogP contribution is -2.28. The molecule has 1 aromatic heterocycles. The highest BCUT2D eigenvalue weighted by Crippen LogP contribution is 2.44. The van der Waals surface area contributed by atoms with Crippen molar-refractivity contribution in [2.24, 2.45) is 0 Å². The van der Waals surface area contributed by atoms with Crippen molar-refractivity contribution in [3.05, 3.63) is 112 Å². The second-order valence-electron chi connectivity index (χ2n) is 7.70. The minimum Gasteiger partial charge on any atom is -0.288 e. The molecule has 0 aliphatic heterocycles. The summed E-state index contributed by atoms with van der Waals surface area (Å²) in [6.07, 6.45) is 0. The molecule has 0 saturated heterocycles. The summed E-state index contributed by atoms with van der Waals surface area (Å²) in [7, 11) is 0. The van der Waals surface area contributed by atoms with Crippen molar-refractivity contribution < 1.29 is 4.79 Å². The molecule has 0 N–H and O–H groups in total. The van der Waals surface area contributed by atoms with Crippen molar-refractivity contribution >= 4 is 45.7 Å². The van der Waals surface area contributed by atoms with Gasteiger partial charge in [-0.05, 0) is 60.8 Å². The second kappa shape index (κ2) is 8.60. The Morgan fingerprint density at radius 1 is 0.667 bits per heavy atom. The molecule has 0 saturated carbocycles. The van der Waals surface area contributed by atoms with E-state index >= 15 is 0 Å². The number of ketones is 1. The van der Waals surface area contributed by atoms with Gasteiger partial charge in [-0.1, -0.05) is 95.6 Å². The molecule has 3 aromatic carbocycles. The first-order valence-corrected chi connectivity index (χ1v) is 12.8. The van der Waals surface area contributed by atoms with Gasteiger partial charge < -0.3 is 0 Å². The number of benzene rings is 3. The molecule has 4 aromatic rings.